The number of rotatable bonds is 1. The van der Waals surface area contributed by atoms with Crippen LogP contribution in [0.1, 0.15) is 0 Å². The molecule has 1 aromatic rings. The van der Waals surface area contributed by atoms with Crippen molar-refractivity contribution in [2.75, 3.05) is 5.73 Å². The summed E-state index contributed by atoms with van der Waals surface area (Å²) >= 11 is 0. The third kappa shape index (κ3) is 4.47. The number of ether oxygens (including phenoxy) is 1. The van der Waals surface area contributed by atoms with Crippen molar-refractivity contribution < 1.29 is 17.9 Å². The molecule has 13 heavy (non-hydrogen) atoms. The minimum atomic E-state index is -4.64. The number of nitrogens with two attached hydrogens (primary N) is 1. The molecule has 0 spiro atoms. The molecule has 2 N–H and O–H groups in total. The van der Waals surface area contributed by atoms with Gasteiger partial charge in [0.1, 0.15) is 5.75 Å². The summed E-state index contributed by atoms with van der Waals surface area (Å²) in [4.78, 5) is 0. The molecule has 1 rings (SSSR count). The van der Waals surface area contributed by atoms with E-state index in [0.717, 1.165) is 12.1 Å². The Labute approximate surface area is 78.9 Å². The lowest BCUT2D eigenvalue weighted by Crippen LogP contribution is -2.16. The van der Waals surface area contributed by atoms with Gasteiger partial charge < -0.3 is 10.5 Å². The smallest absolute Gasteiger partial charge is 0.406 e. The number of hydrogen-bond donors (Lipinski definition) is 1. The highest BCUT2D eigenvalue weighted by Gasteiger charge is 2.30. The average molecular weight is 214 g/mol. The zero-order valence-electron chi connectivity index (χ0n) is 6.34. The SMILES string of the molecule is Cl.Nc1ccc(OC(F)(F)F)cc1. The fourth-order valence-corrected chi connectivity index (χ4v) is 0.669. The molecule has 0 aliphatic heterocycles. The van der Waals surface area contributed by atoms with E-state index >= 15 is 0 Å². The zero-order valence-corrected chi connectivity index (χ0v) is 7.15. The Morgan fingerprint density at radius 1 is 1.08 bits per heavy atom. The summed E-state index contributed by atoms with van der Waals surface area (Å²) in [7, 11) is 0. The van der Waals surface area contributed by atoms with Crippen molar-refractivity contribution >= 4 is 18.1 Å². The van der Waals surface area contributed by atoms with Crippen LogP contribution in [0.2, 0.25) is 0 Å². The maximum Gasteiger partial charge on any atom is 0.573 e. The van der Waals surface area contributed by atoms with Gasteiger partial charge in [-0.25, -0.2) is 0 Å². The van der Waals surface area contributed by atoms with Crippen molar-refractivity contribution in [1.82, 2.24) is 0 Å². The van der Waals surface area contributed by atoms with Gasteiger partial charge in [0, 0.05) is 5.69 Å². The van der Waals surface area contributed by atoms with Gasteiger partial charge in [-0.1, -0.05) is 0 Å². The number of nitrogen functional groups attached to an aromatic ring is 1. The van der Waals surface area contributed by atoms with Gasteiger partial charge in [0.15, 0.2) is 0 Å². The summed E-state index contributed by atoms with van der Waals surface area (Å²) in [6.45, 7) is 0. The first-order valence-corrected chi connectivity index (χ1v) is 3.09. The van der Waals surface area contributed by atoms with Gasteiger partial charge in [-0.2, -0.15) is 0 Å². The minimum Gasteiger partial charge on any atom is -0.406 e. The number of benzene rings is 1. The number of anilines is 1. The van der Waals surface area contributed by atoms with E-state index in [1.54, 1.807) is 0 Å². The largest absolute Gasteiger partial charge is 0.573 e. The van der Waals surface area contributed by atoms with Gasteiger partial charge in [-0.05, 0) is 24.3 Å². The van der Waals surface area contributed by atoms with Crippen molar-refractivity contribution in [1.29, 1.82) is 0 Å². The molecule has 0 aliphatic carbocycles. The van der Waals surface area contributed by atoms with Gasteiger partial charge in [0.25, 0.3) is 0 Å². The second kappa shape index (κ2) is 4.23. The van der Waals surface area contributed by atoms with Crippen LogP contribution in [0.25, 0.3) is 0 Å². The van der Waals surface area contributed by atoms with E-state index in [0.29, 0.717) is 5.69 Å². The Bertz CT molecular complexity index is 259. The van der Waals surface area contributed by atoms with Crippen LogP contribution in [0.5, 0.6) is 5.75 Å². The molecule has 0 atom stereocenters. The molecule has 0 heterocycles. The lowest BCUT2D eigenvalue weighted by molar-refractivity contribution is -0.274. The van der Waals surface area contributed by atoms with Crippen LogP contribution in [0.3, 0.4) is 0 Å². The molecule has 1 aromatic carbocycles. The zero-order chi connectivity index (χ0) is 9.19. The monoisotopic (exact) mass is 213 g/mol. The number of hydrogen-bond acceptors (Lipinski definition) is 2. The molecular formula is C7H7ClF3NO. The van der Waals surface area contributed by atoms with Gasteiger partial charge >= 0.3 is 6.36 Å². The molecule has 0 radical (unpaired) electrons. The first kappa shape index (κ1) is 11.9. The summed E-state index contributed by atoms with van der Waals surface area (Å²) in [6.07, 6.45) is -4.64. The second-order valence-electron chi connectivity index (χ2n) is 2.12. The van der Waals surface area contributed by atoms with Crippen molar-refractivity contribution in [3.63, 3.8) is 0 Å². The molecule has 0 amide bonds. The van der Waals surface area contributed by atoms with Crippen LogP contribution >= 0.6 is 12.4 Å². The molecule has 0 aromatic heterocycles. The first-order valence-electron chi connectivity index (χ1n) is 3.09. The predicted molar refractivity (Wildman–Crippen MR) is 44.8 cm³/mol. The third-order valence-corrected chi connectivity index (χ3v) is 1.11. The van der Waals surface area contributed by atoms with Crippen LogP contribution < -0.4 is 10.5 Å². The van der Waals surface area contributed by atoms with Gasteiger partial charge in [-0.3, -0.25) is 0 Å². The molecule has 6 heteroatoms. The highest BCUT2D eigenvalue weighted by Crippen LogP contribution is 2.22. The summed E-state index contributed by atoms with van der Waals surface area (Å²) in [5, 5.41) is 0. The third-order valence-electron chi connectivity index (χ3n) is 1.11. The van der Waals surface area contributed by atoms with E-state index < -0.39 is 6.36 Å². The number of halogens is 4. The second-order valence-corrected chi connectivity index (χ2v) is 2.12. The molecule has 2 nitrogen and oxygen atoms in total. The van der Waals surface area contributed by atoms with E-state index in [1.807, 2.05) is 0 Å². The van der Waals surface area contributed by atoms with E-state index in [1.165, 1.54) is 12.1 Å². The summed E-state index contributed by atoms with van der Waals surface area (Å²) in [5.41, 5.74) is 5.65. The van der Waals surface area contributed by atoms with Gasteiger partial charge in [0.05, 0.1) is 0 Å². The van der Waals surface area contributed by atoms with Crippen molar-refractivity contribution in [2.45, 2.75) is 6.36 Å². The van der Waals surface area contributed by atoms with Crippen LogP contribution in [0.4, 0.5) is 18.9 Å². The van der Waals surface area contributed by atoms with Crippen molar-refractivity contribution in [2.24, 2.45) is 0 Å². The van der Waals surface area contributed by atoms with Gasteiger partial charge in [-0.15, -0.1) is 25.6 Å². The van der Waals surface area contributed by atoms with Crippen LogP contribution in [0.15, 0.2) is 24.3 Å². The molecular weight excluding hydrogens is 207 g/mol. The fraction of sp³-hybridized carbons (Fsp3) is 0.143. The Kier molecular flexibility index (Phi) is 3.87. The van der Waals surface area contributed by atoms with Crippen molar-refractivity contribution in [3.05, 3.63) is 24.3 Å². The van der Waals surface area contributed by atoms with E-state index in [-0.39, 0.29) is 18.2 Å². The molecule has 0 aliphatic rings. The summed E-state index contributed by atoms with van der Waals surface area (Å²) in [6, 6.07) is 4.98. The Morgan fingerprint density at radius 3 is 1.92 bits per heavy atom. The number of alkyl halides is 3. The maximum atomic E-state index is 11.6. The van der Waals surface area contributed by atoms with E-state index in [4.69, 9.17) is 5.73 Å². The molecule has 74 valence electrons. The normalized spacial score (nSPS) is 10.4. The van der Waals surface area contributed by atoms with Crippen LogP contribution in [0, 0.1) is 0 Å². The molecule has 0 saturated carbocycles. The van der Waals surface area contributed by atoms with Crippen molar-refractivity contribution in [3.8, 4) is 5.75 Å². The molecule has 0 fully saturated rings. The highest BCUT2D eigenvalue weighted by atomic mass is 35.5. The molecule has 0 bridgehead atoms. The van der Waals surface area contributed by atoms with E-state index in [2.05, 4.69) is 4.74 Å². The Morgan fingerprint density at radius 2 is 1.54 bits per heavy atom. The first-order chi connectivity index (χ1) is 5.47. The minimum absolute atomic E-state index is 0. The van der Waals surface area contributed by atoms with E-state index in [9.17, 15) is 13.2 Å². The topological polar surface area (TPSA) is 35.2 Å². The quantitative estimate of drug-likeness (QED) is 0.728. The summed E-state index contributed by atoms with van der Waals surface area (Å²) in [5.74, 6) is -0.267. The standard InChI is InChI=1S/C7H6F3NO.ClH/c8-7(9,10)12-6-3-1-5(11)2-4-6;/h1-4H,11H2;1H. The average Bonchev–Trinajstić information content (AvgIpc) is 1.91. The lowest BCUT2D eigenvalue weighted by Gasteiger charge is -2.07. The fourth-order valence-electron chi connectivity index (χ4n) is 0.669. The molecule has 0 unspecified atom stereocenters. The predicted octanol–water partition coefficient (Wildman–Crippen LogP) is 2.59. The van der Waals surface area contributed by atoms with Crippen LogP contribution in [-0.2, 0) is 0 Å². The summed E-state index contributed by atoms with van der Waals surface area (Å²) < 4.78 is 38.4. The molecule has 0 saturated heterocycles. The maximum absolute atomic E-state index is 11.6. The van der Waals surface area contributed by atoms with Crippen LogP contribution in [-0.4, -0.2) is 6.36 Å². The Balaban J connectivity index is 0.00000144. The van der Waals surface area contributed by atoms with Gasteiger partial charge in [0.2, 0.25) is 0 Å². The lowest BCUT2D eigenvalue weighted by atomic mass is 10.3. The Hall–Kier alpha value is -1.10. The highest BCUT2D eigenvalue weighted by molar-refractivity contribution is 5.85.